The average molecular weight is 441 g/mol. The Labute approximate surface area is 183 Å². The summed E-state index contributed by atoms with van der Waals surface area (Å²) in [5.41, 5.74) is 1.11. The molecule has 32 heavy (non-hydrogen) atoms. The summed E-state index contributed by atoms with van der Waals surface area (Å²) in [7, 11) is 0. The Kier molecular flexibility index (Phi) is 5.98. The van der Waals surface area contributed by atoms with Gasteiger partial charge in [0.25, 0.3) is 5.91 Å². The fourth-order valence-electron chi connectivity index (χ4n) is 3.52. The lowest BCUT2D eigenvalue weighted by molar-refractivity contribution is -0.137. The van der Waals surface area contributed by atoms with Crippen LogP contribution in [0.25, 0.3) is 0 Å². The summed E-state index contributed by atoms with van der Waals surface area (Å²) in [5.74, 6) is 0.754. The molecular weight excluding hydrogens is 419 g/mol. The fraction of sp³-hybridized carbons (Fsp3) is 0.261. The molecule has 9 heteroatoms. The normalized spacial score (nSPS) is 13.8. The molecule has 2 aromatic carbocycles. The van der Waals surface area contributed by atoms with E-state index in [0.29, 0.717) is 11.6 Å². The number of nitrogens with zero attached hydrogens (tertiary/aromatic N) is 3. The zero-order valence-electron chi connectivity index (χ0n) is 17.4. The third-order valence-electron chi connectivity index (χ3n) is 5.12. The molecule has 1 aliphatic heterocycles. The first kappa shape index (κ1) is 21.6. The van der Waals surface area contributed by atoms with E-state index < -0.39 is 17.6 Å². The van der Waals surface area contributed by atoms with E-state index in [1.54, 1.807) is 24.3 Å². The zero-order chi connectivity index (χ0) is 22.7. The maximum Gasteiger partial charge on any atom is 0.416 e. The van der Waals surface area contributed by atoms with Crippen LogP contribution in [0.2, 0.25) is 0 Å². The SMILES string of the molecule is Cc1cc(N2CCCC2)nc(Nc2ccc(NC(=O)c3cccc(C(F)(F)F)c3)cc2)n1. The Hall–Kier alpha value is -3.62. The standard InChI is InChI=1S/C23H22F3N5O/c1-15-13-20(31-11-2-3-12-31)30-22(27-15)29-19-9-7-18(8-10-19)28-21(32)16-5-4-6-17(14-16)23(24,25)26/h4-10,13-14H,2-3,11-12H2,1H3,(H,28,32)(H,27,29,30). The zero-order valence-corrected chi connectivity index (χ0v) is 17.4. The number of hydrogen-bond donors (Lipinski definition) is 2. The number of alkyl halides is 3. The van der Waals surface area contributed by atoms with E-state index >= 15 is 0 Å². The molecule has 1 aliphatic rings. The second kappa shape index (κ2) is 8.86. The summed E-state index contributed by atoms with van der Waals surface area (Å²) in [5, 5.41) is 5.77. The Morgan fingerprint density at radius 2 is 1.66 bits per heavy atom. The molecule has 0 atom stereocenters. The molecular formula is C23H22F3N5O. The topological polar surface area (TPSA) is 70.2 Å². The number of carbonyl (C=O) groups excluding carboxylic acids is 1. The van der Waals surface area contributed by atoms with Crippen molar-refractivity contribution in [1.29, 1.82) is 0 Å². The smallest absolute Gasteiger partial charge is 0.356 e. The molecule has 6 nitrogen and oxygen atoms in total. The minimum absolute atomic E-state index is 0.0652. The molecule has 1 amide bonds. The van der Waals surface area contributed by atoms with Crippen molar-refractivity contribution >= 4 is 29.0 Å². The Balaban J connectivity index is 1.43. The van der Waals surface area contributed by atoms with Crippen LogP contribution >= 0.6 is 0 Å². The van der Waals surface area contributed by atoms with Crippen LogP contribution < -0.4 is 15.5 Å². The van der Waals surface area contributed by atoms with Gasteiger partial charge in [-0.2, -0.15) is 18.2 Å². The van der Waals surface area contributed by atoms with E-state index in [1.807, 2.05) is 13.0 Å². The molecule has 1 aromatic heterocycles. The van der Waals surface area contributed by atoms with Gasteiger partial charge in [-0.3, -0.25) is 4.79 Å². The predicted octanol–water partition coefficient (Wildman–Crippen LogP) is 5.40. The summed E-state index contributed by atoms with van der Waals surface area (Å²) >= 11 is 0. The van der Waals surface area contributed by atoms with E-state index in [4.69, 9.17) is 0 Å². The van der Waals surface area contributed by atoms with Crippen LogP contribution in [-0.2, 0) is 6.18 Å². The largest absolute Gasteiger partial charge is 0.416 e. The molecule has 0 radical (unpaired) electrons. The third-order valence-corrected chi connectivity index (χ3v) is 5.12. The first-order valence-corrected chi connectivity index (χ1v) is 10.2. The summed E-state index contributed by atoms with van der Waals surface area (Å²) in [6.45, 7) is 3.88. The van der Waals surface area contributed by atoms with E-state index in [1.165, 1.54) is 12.1 Å². The second-order valence-corrected chi connectivity index (χ2v) is 7.62. The molecule has 1 fully saturated rings. The van der Waals surface area contributed by atoms with Crippen molar-refractivity contribution in [2.24, 2.45) is 0 Å². The van der Waals surface area contributed by atoms with Gasteiger partial charge in [0, 0.05) is 41.8 Å². The van der Waals surface area contributed by atoms with Crippen molar-refractivity contribution in [3.63, 3.8) is 0 Å². The Morgan fingerprint density at radius 1 is 0.969 bits per heavy atom. The maximum absolute atomic E-state index is 12.9. The van der Waals surface area contributed by atoms with Crippen LogP contribution in [0.15, 0.2) is 54.6 Å². The van der Waals surface area contributed by atoms with Crippen LogP contribution in [0.1, 0.15) is 34.5 Å². The Bertz CT molecular complexity index is 1110. The van der Waals surface area contributed by atoms with Crippen LogP contribution in [0.3, 0.4) is 0 Å². The summed E-state index contributed by atoms with van der Waals surface area (Å²) in [6, 6.07) is 13.1. The lowest BCUT2D eigenvalue weighted by atomic mass is 10.1. The second-order valence-electron chi connectivity index (χ2n) is 7.62. The first-order chi connectivity index (χ1) is 15.3. The van der Waals surface area contributed by atoms with Crippen LogP contribution in [-0.4, -0.2) is 29.0 Å². The number of anilines is 4. The summed E-state index contributed by atoms with van der Waals surface area (Å²) in [4.78, 5) is 23.6. The predicted molar refractivity (Wildman–Crippen MR) is 117 cm³/mol. The number of hydrogen-bond acceptors (Lipinski definition) is 5. The van der Waals surface area contributed by atoms with Crippen molar-refractivity contribution < 1.29 is 18.0 Å². The van der Waals surface area contributed by atoms with Gasteiger partial charge < -0.3 is 15.5 Å². The maximum atomic E-state index is 12.9. The van der Waals surface area contributed by atoms with Crippen molar-refractivity contribution in [3.8, 4) is 0 Å². The minimum atomic E-state index is -4.50. The minimum Gasteiger partial charge on any atom is -0.356 e. The number of rotatable bonds is 5. The van der Waals surface area contributed by atoms with E-state index in [2.05, 4.69) is 25.5 Å². The molecule has 2 heterocycles. The van der Waals surface area contributed by atoms with E-state index in [-0.39, 0.29) is 5.56 Å². The molecule has 2 N–H and O–H groups in total. The number of benzene rings is 2. The molecule has 0 bridgehead atoms. The molecule has 0 spiro atoms. The van der Waals surface area contributed by atoms with Gasteiger partial charge in [0.2, 0.25) is 5.95 Å². The summed E-state index contributed by atoms with van der Waals surface area (Å²) < 4.78 is 38.6. The van der Waals surface area contributed by atoms with Crippen LogP contribution in [0, 0.1) is 6.92 Å². The molecule has 0 aliphatic carbocycles. The van der Waals surface area contributed by atoms with Crippen molar-refractivity contribution in [3.05, 3.63) is 71.4 Å². The van der Waals surface area contributed by atoms with Gasteiger partial charge in [0.15, 0.2) is 0 Å². The van der Waals surface area contributed by atoms with Crippen molar-refractivity contribution in [2.45, 2.75) is 25.9 Å². The first-order valence-electron chi connectivity index (χ1n) is 10.2. The van der Waals surface area contributed by atoms with Gasteiger partial charge in [-0.05, 0) is 62.2 Å². The van der Waals surface area contributed by atoms with E-state index in [0.717, 1.165) is 55.3 Å². The monoisotopic (exact) mass is 441 g/mol. The molecule has 3 aromatic rings. The van der Waals surface area contributed by atoms with E-state index in [9.17, 15) is 18.0 Å². The number of aromatic nitrogens is 2. The van der Waals surface area contributed by atoms with Gasteiger partial charge in [-0.25, -0.2) is 4.98 Å². The van der Waals surface area contributed by atoms with Gasteiger partial charge in [-0.1, -0.05) is 6.07 Å². The average Bonchev–Trinajstić information content (AvgIpc) is 3.29. The van der Waals surface area contributed by atoms with Gasteiger partial charge in [-0.15, -0.1) is 0 Å². The van der Waals surface area contributed by atoms with Gasteiger partial charge >= 0.3 is 6.18 Å². The third kappa shape index (κ3) is 5.16. The highest BCUT2D eigenvalue weighted by Gasteiger charge is 2.30. The lowest BCUT2D eigenvalue weighted by Crippen LogP contribution is -2.19. The van der Waals surface area contributed by atoms with Gasteiger partial charge in [0.1, 0.15) is 5.82 Å². The quantitative estimate of drug-likeness (QED) is 0.555. The Morgan fingerprint density at radius 3 is 2.34 bits per heavy atom. The molecule has 0 saturated carbocycles. The number of halogens is 3. The number of aryl methyl sites for hydroxylation is 1. The van der Waals surface area contributed by atoms with Crippen LogP contribution in [0.4, 0.5) is 36.3 Å². The molecule has 166 valence electrons. The van der Waals surface area contributed by atoms with Crippen molar-refractivity contribution in [2.75, 3.05) is 28.6 Å². The van der Waals surface area contributed by atoms with Crippen LogP contribution in [0.5, 0.6) is 0 Å². The van der Waals surface area contributed by atoms with Gasteiger partial charge in [0.05, 0.1) is 5.56 Å². The number of amides is 1. The lowest BCUT2D eigenvalue weighted by Gasteiger charge is -2.17. The summed E-state index contributed by atoms with van der Waals surface area (Å²) in [6.07, 6.45) is -2.20. The highest BCUT2D eigenvalue weighted by molar-refractivity contribution is 6.04. The van der Waals surface area contributed by atoms with Crippen molar-refractivity contribution in [1.82, 2.24) is 9.97 Å². The molecule has 1 saturated heterocycles. The molecule has 0 unspecified atom stereocenters. The highest BCUT2D eigenvalue weighted by atomic mass is 19.4. The number of nitrogens with one attached hydrogen (secondary N) is 2. The fourth-order valence-corrected chi connectivity index (χ4v) is 3.52. The number of carbonyl (C=O) groups is 1. The molecule has 4 rings (SSSR count). The highest BCUT2D eigenvalue weighted by Crippen LogP contribution is 2.30.